The van der Waals surface area contributed by atoms with Crippen LogP contribution in [-0.2, 0) is 11.3 Å². The van der Waals surface area contributed by atoms with Crippen molar-refractivity contribution < 1.29 is 19.4 Å². The van der Waals surface area contributed by atoms with Gasteiger partial charge in [0.2, 0.25) is 0 Å². The molecular weight excluding hydrogens is 378 g/mol. The van der Waals surface area contributed by atoms with Gasteiger partial charge in [-0.3, -0.25) is 4.90 Å². The van der Waals surface area contributed by atoms with Gasteiger partial charge in [-0.1, -0.05) is 30.3 Å². The van der Waals surface area contributed by atoms with Gasteiger partial charge in [-0.05, 0) is 56.4 Å². The molecule has 2 aromatic rings. The van der Waals surface area contributed by atoms with Gasteiger partial charge < -0.3 is 14.6 Å². The lowest BCUT2D eigenvalue weighted by Crippen LogP contribution is -2.55. The second-order valence-corrected chi connectivity index (χ2v) is 9.47. The number of hydrogen-bond donors (Lipinski definition) is 1. The van der Waals surface area contributed by atoms with Crippen LogP contribution in [-0.4, -0.2) is 40.8 Å². The Morgan fingerprint density at radius 2 is 1.93 bits per heavy atom. The molecule has 5 nitrogen and oxygen atoms in total. The molecule has 0 aliphatic carbocycles. The largest absolute Gasteiger partial charge is 0.487 e. The Bertz CT molecular complexity index is 938. The summed E-state index contributed by atoms with van der Waals surface area (Å²) in [5.74, 6) is 0.912. The summed E-state index contributed by atoms with van der Waals surface area (Å²) in [6.07, 6.45) is 2.54. The van der Waals surface area contributed by atoms with Crippen LogP contribution >= 0.6 is 0 Å². The van der Waals surface area contributed by atoms with E-state index in [2.05, 4.69) is 36.9 Å². The molecule has 2 saturated heterocycles. The molecule has 3 aliphatic heterocycles. The fraction of sp³-hybridized carbons (Fsp3) is 0.480. The monoisotopic (exact) mass is 407 g/mol. The van der Waals surface area contributed by atoms with E-state index in [-0.39, 0.29) is 11.7 Å². The molecule has 0 unspecified atom stereocenters. The molecule has 0 amide bonds. The molecule has 158 valence electrons. The Hall–Kier alpha value is -2.37. The number of piperidine rings is 1. The normalized spacial score (nSPS) is 29.8. The number of fused-ring (bicyclic) bond motifs is 4. The maximum absolute atomic E-state index is 11.1. The Balaban J connectivity index is 1.30. The maximum atomic E-state index is 11.1. The summed E-state index contributed by atoms with van der Waals surface area (Å²) in [5.41, 5.74) is 2.44. The van der Waals surface area contributed by atoms with Crippen LogP contribution in [0.25, 0.3) is 0 Å². The molecule has 5 heteroatoms. The van der Waals surface area contributed by atoms with Crippen molar-refractivity contribution in [3.63, 3.8) is 0 Å². The van der Waals surface area contributed by atoms with Crippen LogP contribution in [0, 0.1) is 11.8 Å². The molecule has 0 saturated carbocycles. The smallest absolute Gasteiger partial charge is 0.335 e. The second-order valence-electron chi connectivity index (χ2n) is 9.47. The fourth-order valence-corrected chi connectivity index (χ4v) is 5.48. The summed E-state index contributed by atoms with van der Waals surface area (Å²) in [4.78, 5) is 13.5. The zero-order valence-corrected chi connectivity index (χ0v) is 17.6. The first-order chi connectivity index (χ1) is 14.4. The summed E-state index contributed by atoms with van der Waals surface area (Å²) in [7, 11) is 0. The number of carboxylic acids is 1. The molecule has 4 atom stereocenters. The number of nitrogens with zero attached hydrogens (tertiary/aromatic N) is 1. The second kappa shape index (κ2) is 7.40. The lowest BCUT2D eigenvalue weighted by molar-refractivity contribution is -0.187. The maximum Gasteiger partial charge on any atom is 0.335 e. The Morgan fingerprint density at radius 3 is 2.70 bits per heavy atom. The molecular formula is C25H29NO4. The van der Waals surface area contributed by atoms with E-state index in [1.54, 1.807) is 12.1 Å². The number of carbonyl (C=O) groups is 1. The number of rotatable bonds is 3. The topological polar surface area (TPSA) is 59.0 Å². The van der Waals surface area contributed by atoms with Crippen LogP contribution in [0.5, 0.6) is 5.75 Å². The van der Waals surface area contributed by atoms with Gasteiger partial charge in [-0.2, -0.15) is 0 Å². The quantitative estimate of drug-likeness (QED) is 0.810. The minimum Gasteiger partial charge on any atom is -0.487 e. The van der Waals surface area contributed by atoms with Crippen LogP contribution < -0.4 is 4.74 Å². The van der Waals surface area contributed by atoms with E-state index in [1.807, 2.05) is 18.2 Å². The molecule has 0 radical (unpaired) electrons. The minimum absolute atomic E-state index is 0.112. The highest BCUT2D eigenvalue weighted by Gasteiger charge is 2.51. The van der Waals surface area contributed by atoms with E-state index in [0.717, 1.165) is 43.8 Å². The predicted molar refractivity (Wildman–Crippen MR) is 114 cm³/mol. The van der Waals surface area contributed by atoms with Crippen LogP contribution in [0.1, 0.15) is 54.3 Å². The number of hydrogen-bond acceptors (Lipinski definition) is 4. The first-order valence-corrected chi connectivity index (χ1v) is 10.9. The van der Waals surface area contributed by atoms with E-state index in [4.69, 9.17) is 14.6 Å². The highest BCUT2D eigenvalue weighted by Crippen LogP contribution is 2.52. The van der Waals surface area contributed by atoms with Crippen molar-refractivity contribution in [3.8, 4) is 5.75 Å². The molecule has 2 fully saturated rings. The number of ether oxygens (including phenoxy) is 2. The van der Waals surface area contributed by atoms with Gasteiger partial charge >= 0.3 is 5.97 Å². The zero-order chi connectivity index (χ0) is 20.9. The van der Waals surface area contributed by atoms with E-state index in [9.17, 15) is 4.79 Å². The van der Waals surface area contributed by atoms with Crippen molar-refractivity contribution in [1.82, 2.24) is 4.90 Å². The van der Waals surface area contributed by atoms with Gasteiger partial charge in [0.1, 0.15) is 11.4 Å². The van der Waals surface area contributed by atoms with Gasteiger partial charge in [-0.15, -0.1) is 0 Å². The number of para-hydroxylation sites is 1. The fourth-order valence-electron chi connectivity index (χ4n) is 5.48. The first kappa shape index (κ1) is 19.6. The van der Waals surface area contributed by atoms with Crippen molar-refractivity contribution in [1.29, 1.82) is 0 Å². The van der Waals surface area contributed by atoms with E-state index in [0.29, 0.717) is 23.5 Å². The summed E-state index contributed by atoms with van der Waals surface area (Å²) in [6.45, 7) is 7.23. The van der Waals surface area contributed by atoms with Crippen molar-refractivity contribution in [3.05, 3.63) is 65.2 Å². The Labute approximate surface area is 177 Å². The third-order valence-electron chi connectivity index (χ3n) is 7.09. The van der Waals surface area contributed by atoms with Crippen LogP contribution in [0.15, 0.2) is 48.5 Å². The molecule has 3 heterocycles. The Morgan fingerprint density at radius 1 is 1.17 bits per heavy atom. The van der Waals surface area contributed by atoms with Crippen LogP contribution in [0.3, 0.4) is 0 Å². The molecule has 3 aliphatic rings. The average molecular weight is 408 g/mol. The van der Waals surface area contributed by atoms with Crippen molar-refractivity contribution in [2.45, 2.75) is 51.0 Å². The van der Waals surface area contributed by atoms with Crippen molar-refractivity contribution in [2.24, 2.45) is 11.8 Å². The number of likely N-dealkylation sites (tertiary alicyclic amines) is 1. The van der Waals surface area contributed by atoms with E-state index >= 15 is 0 Å². The molecule has 1 N–H and O–H groups in total. The molecule has 30 heavy (non-hydrogen) atoms. The van der Waals surface area contributed by atoms with E-state index < -0.39 is 5.97 Å². The molecule has 0 bridgehead atoms. The standard InChI is InChI=1S/C25H29NO4/c1-25(2)20-13-18-15-26(14-16-7-9-17(10-8-16)24(27)28)12-11-21(18)29-23(20)19-5-3-4-6-22(19)30-25/h3-10,18,20-21,23H,11-15H2,1-2H3,(H,27,28)/t18-,20+,21+,23-/m1/s1. The number of benzene rings is 2. The van der Waals surface area contributed by atoms with Crippen molar-refractivity contribution in [2.75, 3.05) is 13.1 Å². The summed E-state index contributed by atoms with van der Waals surface area (Å²) >= 11 is 0. The van der Waals surface area contributed by atoms with Crippen LogP contribution in [0.2, 0.25) is 0 Å². The lowest BCUT2D eigenvalue weighted by Gasteiger charge is -2.53. The molecule has 0 aromatic heterocycles. The Kier molecular flexibility index (Phi) is 4.83. The molecule has 0 spiro atoms. The van der Waals surface area contributed by atoms with Gasteiger partial charge in [-0.25, -0.2) is 4.79 Å². The summed E-state index contributed by atoms with van der Waals surface area (Å²) in [6, 6.07) is 15.6. The van der Waals surface area contributed by atoms with Gasteiger partial charge in [0.25, 0.3) is 0 Å². The molecule has 5 rings (SSSR count). The lowest BCUT2D eigenvalue weighted by atomic mass is 9.70. The van der Waals surface area contributed by atoms with E-state index in [1.165, 1.54) is 5.56 Å². The highest BCUT2D eigenvalue weighted by molar-refractivity contribution is 5.87. The van der Waals surface area contributed by atoms with Gasteiger partial charge in [0, 0.05) is 31.1 Å². The zero-order valence-electron chi connectivity index (χ0n) is 17.6. The summed E-state index contributed by atoms with van der Waals surface area (Å²) < 4.78 is 13.1. The third kappa shape index (κ3) is 3.50. The van der Waals surface area contributed by atoms with Gasteiger partial charge in [0.05, 0.1) is 17.8 Å². The third-order valence-corrected chi connectivity index (χ3v) is 7.09. The number of carboxylic acid groups (broad SMARTS) is 1. The SMILES string of the molecule is CC1(C)Oc2ccccc2[C@H]2O[C@H]3CCN(Cc4ccc(C(=O)O)cc4)C[C@H]3C[C@@H]21. The average Bonchev–Trinajstić information content (AvgIpc) is 2.73. The van der Waals surface area contributed by atoms with Crippen molar-refractivity contribution >= 4 is 5.97 Å². The van der Waals surface area contributed by atoms with Gasteiger partial charge in [0.15, 0.2) is 0 Å². The van der Waals surface area contributed by atoms with Crippen LogP contribution in [0.4, 0.5) is 0 Å². The predicted octanol–water partition coefficient (Wildman–Crippen LogP) is 4.52. The highest BCUT2D eigenvalue weighted by atomic mass is 16.5. The first-order valence-electron chi connectivity index (χ1n) is 10.9. The minimum atomic E-state index is -0.879. The summed E-state index contributed by atoms with van der Waals surface area (Å²) in [5, 5.41) is 9.09. The molecule has 2 aromatic carbocycles. The number of aromatic carboxylic acids is 1.